The number of pyridine rings is 1. The maximum absolute atomic E-state index is 13.0. The number of anilines is 1. The van der Waals surface area contributed by atoms with Crippen molar-refractivity contribution < 1.29 is 18.0 Å². The molecule has 3 aromatic rings. The second kappa shape index (κ2) is 6.92. The lowest BCUT2D eigenvalue weighted by Gasteiger charge is -2.16. The average molecular weight is 381 g/mol. The summed E-state index contributed by atoms with van der Waals surface area (Å²) in [7, 11) is 0. The van der Waals surface area contributed by atoms with Gasteiger partial charge < -0.3 is 4.90 Å². The molecule has 0 N–H and O–H groups in total. The first-order chi connectivity index (χ1) is 13.4. The van der Waals surface area contributed by atoms with Crippen LogP contribution in [0.2, 0.25) is 0 Å². The number of halogens is 3. The van der Waals surface area contributed by atoms with E-state index in [9.17, 15) is 18.0 Å². The van der Waals surface area contributed by atoms with E-state index in [2.05, 4.69) is 9.98 Å². The number of rotatable bonds is 3. The predicted molar refractivity (Wildman–Crippen MR) is 99.5 cm³/mol. The Balaban J connectivity index is 1.74. The third-order valence-corrected chi connectivity index (χ3v) is 4.36. The molecule has 4 rings (SSSR count). The number of carbonyl (C=O) groups excluding carboxylic acids is 1. The summed E-state index contributed by atoms with van der Waals surface area (Å²) >= 11 is 0. The van der Waals surface area contributed by atoms with Gasteiger partial charge in [0.1, 0.15) is 5.71 Å². The Labute approximate surface area is 159 Å². The Bertz CT molecular complexity index is 1060. The fraction of sp³-hybridized carbons (Fsp3) is 0.0952. The first-order valence-electron chi connectivity index (χ1n) is 8.50. The zero-order chi connectivity index (χ0) is 19.7. The van der Waals surface area contributed by atoms with E-state index < -0.39 is 11.7 Å². The highest BCUT2D eigenvalue weighted by atomic mass is 19.4. The summed E-state index contributed by atoms with van der Waals surface area (Å²) < 4.78 is 38.9. The Kier molecular flexibility index (Phi) is 4.43. The number of benzene rings is 2. The highest BCUT2D eigenvalue weighted by Crippen LogP contribution is 2.34. The minimum atomic E-state index is -4.47. The van der Waals surface area contributed by atoms with Crippen molar-refractivity contribution in [1.29, 1.82) is 0 Å². The van der Waals surface area contributed by atoms with Crippen molar-refractivity contribution in [3.63, 3.8) is 0 Å². The molecule has 28 heavy (non-hydrogen) atoms. The zero-order valence-electron chi connectivity index (χ0n) is 14.5. The van der Waals surface area contributed by atoms with Gasteiger partial charge in [-0.05, 0) is 36.4 Å². The molecule has 4 nitrogen and oxygen atoms in total. The number of nitrogens with zero attached hydrogens (tertiary/aromatic N) is 3. The highest BCUT2D eigenvalue weighted by molar-refractivity contribution is 6.54. The molecule has 1 aromatic heterocycles. The van der Waals surface area contributed by atoms with Crippen LogP contribution >= 0.6 is 0 Å². The molecule has 0 atom stereocenters. The van der Waals surface area contributed by atoms with Crippen LogP contribution in [0.3, 0.4) is 0 Å². The van der Waals surface area contributed by atoms with Crippen LogP contribution in [-0.2, 0) is 17.5 Å². The van der Waals surface area contributed by atoms with Crippen molar-refractivity contribution in [2.75, 3.05) is 4.90 Å². The molecule has 0 spiro atoms. The van der Waals surface area contributed by atoms with Gasteiger partial charge in [-0.3, -0.25) is 9.78 Å². The lowest BCUT2D eigenvalue weighted by Crippen LogP contribution is -2.29. The predicted octanol–water partition coefficient (Wildman–Crippen LogP) is 4.77. The van der Waals surface area contributed by atoms with Gasteiger partial charge in [0.15, 0.2) is 0 Å². The van der Waals surface area contributed by atoms with Crippen molar-refractivity contribution >= 4 is 23.0 Å². The van der Waals surface area contributed by atoms with Crippen LogP contribution < -0.4 is 4.90 Å². The van der Waals surface area contributed by atoms with Gasteiger partial charge in [0, 0.05) is 11.8 Å². The number of hydrogen-bond acceptors (Lipinski definition) is 3. The smallest absolute Gasteiger partial charge is 0.300 e. The fourth-order valence-electron chi connectivity index (χ4n) is 3.06. The van der Waals surface area contributed by atoms with Crippen LogP contribution in [-0.4, -0.2) is 16.6 Å². The monoisotopic (exact) mass is 381 g/mol. The van der Waals surface area contributed by atoms with Crippen molar-refractivity contribution in [3.8, 4) is 0 Å². The second-order valence-corrected chi connectivity index (χ2v) is 6.24. The molecule has 0 bridgehead atoms. The van der Waals surface area contributed by atoms with Crippen molar-refractivity contribution in [1.82, 2.24) is 4.98 Å². The summed E-state index contributed by atoms with van der Waals surface area (Å²) in [5.74, 6) is -0.371. The first kappa shape index (κ1) is 17.9. The summed E-state index contributed by atoms with van der Waals surface area (Å²) in [5.41, 5.74) is 1.33. The number of aromatic nitrogens is 1. The highest BCUT2D eigenvalue weighted by Gasteiger charge is 2.34. The summed E-state index contributed by atoms with van der Waals surface area (Å²) in [6.07, 6.45) is -2.84. The first-order valence-corrected chi connectivity index (χ1v) is 8.50. The molecule has 2 aromatic carbocycles. The van der Waals surface area contributed by atoms with Gasteiger partial charge in [0.25, 0.3) is 5.91 Å². The van der Waals surface area contributed by atoms with E-state index in [1.807, 2.05) is 6.07 Å². The third-order valence-electron chi connectivity index (χ3n) is 4.36. The molecule has 0 saturated carbocycles. The number of hydrogen-bond donors (Lipinski definition) is 0. The van der Waals surface area contributed by atoms with Crippen LogP contribution in [0.5, 0.6) is 0 Å². The van der Waals surface area contributed by atoms with Gasteiger partial charge >= 0.3 is 6.18 Å². The Morgan fingerprint density at radius 1 is 0.964 bits per heavy atom. The minimum absolute atomic E-state index is 0.0765. The van der Waals surface area contributed by atoms with Gasteiger partial charge in [-0.2, -0.15) is 13.2 Å². The van der Waals surface area contributed by atoms with E-state index in [-0.39, 0.29) is 23.9 Å². The molecular formula is C21H14F3N3O. The average Bonchev–Trinajstić information content (AvgIpc) is 2.94. The molecule has 0 saturated heterocycles. The van der Waals surface area contributed by atoms with Crippen molar-refractivity contribution in [2.45, 2.75) is 12.7 Å². The van der Waals surface area contributed by atoms with Crippen molar-refractivity contribution in [3.05, 3.63) is 89.7 Å². The molecule has 2 heterocycles. The number of alkyl halides is 3. The molecule has 1 aliphatic heterocycles. The lowest BCUT2D eigenvalue weighted by atomic mass is 10.1. The molecule has 140 valence electrons. The SMILES string of the molecule is O=C1C(=Nc2cccc(C(F)(F)F)c2)c2ccccc2N1Cc1ccccn1. The second-order valence-electron chi connectivity index (χ2n) is 6.24. The van der Waals surface area contributed by atoms with Crippen LogP contribution in [0, 0.1) is 0 Å². The quantitative estimate of drug-likeness (QED) is 0.656. The van der Waals surface area contributed by atoms with E-state index >= 15 is 0 Å². The largest absolute Gasteiger partial charge is 0.416 e. The maximum Gasteiger partial charge on any atom is 0.416 e. The number of carbonyl (C=O) groups is 1. The molecular weight excluding hydrogens is 367 g/mol. The minimum Gasteiger partial charge on any atom is -0.300 e. The van der Waals surface area contributed by atoms with E-state index in [1.54, 1.807) is 42.6 Å². The van der Waals surface area contributed by atoms with Gasteiger partial charge in [0.05, 0.1) is 29.2 Å². The molecule has 1 amide bonds. The standard InChI is InChI=1S/C21H14F3N3O/c22-21(23,24)14-6-5-8-15(12-14)26-19-17-9-1-2-10-18(17)27(20(19)28)13-16-7-3-4-11-25-16/h1-12H,13H2. The summed E-state index contributed by atoms with van der Waals surface area (Å²) in [6.45, 7) is 0.248. The van der Waals surface area contributed by atoms with Crippen LogP contribution in [0.15, 0.2) is 77.9 Å². The molecule has 7 heteroatoms. The van der Waals surface area contributed by atoms with Gasteiger partial charge in [-0.15, -0.1) is 0 Å². The van der Waals surface area contributed by atoms with E-state index in [4.69, 9.17) is 0 Å². The fourth-order valence-corrected chi connectivity index (χ4v) is 3.06. The van der Waals surface area contributed by atoms with E-state index in [0.29, 0.717) is 16.9 Å². The number of aliphatic imine (C=N–C) groups is 1. The zero-order valence-corrected chi connectivity index (χ0v) is 14.5. The Hall–Kier alpha value is -3.48. The Morgan fingerprint density at radius 2 is 1.75 bits per heavy atom. The van der Waals surface area contributed by atoms with Crippen LogP contribution in [0.4, 0.5) is 24.5 Å². The van der Waals surface area contributed by atoms with Crippen LogP contribution in [0.1, 0.15) is 16.8 Å². The molecule has 0 fully saturated rings. The lowest BCUT2D eigenvalue weighted by molar-refractivity contribution is -0.137. The number of amides is 1. The van der Waals surface area contributed by atoms with Gasteiger partial charge in [-0.1, -0.05) is 30.3 Å². The van der Waals surface area contributed by atoms with E-state index in [0.717, 1.165) is 12.1 Å². The normalized spacial score (nSPS) is 15.2. The van der Waals surface area contributed by atoms with Crippen molar-refractivity contribution in [2.24, 2.45) is 4.99 Å². The third kappa shape index (κ3) is 3.38. The summed E-state index contributed by atoms with van der Waals surface area (Å²) in [5, 5.41) is 0. The topological polar surface area (TPSA) is 45.6 Å². The van der Waals surface area contributed by atoms with E-state index in [1.165, 1.54) is 17.0 Å². The summed E-state index contributed by atoms with van der Waals surface area (Å²) in [6, 6.07) is 17.1. The number of fused-ring (bicyclic) bond motifs is 1. The molecule has 0 radical (unpaired) electrons. The molecule has 0 aliphatic carbocycles. The van der Waals surface area contributed by atoms with Gasteiger partial charge in [-0.25, -0.2) is 4.99 Å². The molecule has 1 aliphatic rings. The number of para-hydroxylation sites is 1. The Morgan fingerprint density at radius 3 is 2.50 bits per heavy atom. The maximum atomic E-state index is 13.0. The summed E-state index contributed by atoms with van der Waals surface area (Å²) in [4.78, 5) is 23.0. The van der Waals surface area contributed by atoms with Crippen LogP contribution in [0.25, 0.3) is 0 Å². The van der Waals surface area contributed by atoms with Gasteiger partial charge in [0.2, 0.25) is 0 Å². The molecule has 0 unspecified atom stereocenters.